The number of benzene rings is 2. The molecule has 1 saturated heterocycles. The first-order valence-electron chi connectivity index (χ1n) is 13.0. The van der Waals surface area contributed by atoms with Crippen molar-refractivity contribution < 1.29 is 18.7 Å². The van der Waals surface area contributed by atoms with Gasteiger partial charge in [0.1, 0.15) is 23.9 Å². The van der Waals surface area contributed by atoms with Crippen LogP contribution in [0.4, 0.5) is 4.39 Å². The molecule has 2 aromatic carbocycles. The summed E-state index contributed by atoms with van der Waals surface area (Å²) in [6.07, 6.45) is 4.92. The number of nitrogens with one attached hydrogen (secondary N) is 1. The molecule has 0 aliphatic carbocycles. The molecule has 2 aliphatic heterocycles. The number of halogens is 1. The summed E-state index contributed by atoms with van der Waals surface area (Å²) >= 11 is 0. The maximum atomic E-state index is 14.1. The Hall–Kier alpha value is -3.23. The van der Waals surface area contributed by atoms with Crippen molar-refractivity contribution in [3.8, 4) is 11.5 Å². The topological polar surface area (TPSA) is 66.4 Å². The van der Waals surface area contributed by atoms with Gasteiger partial charge in [0.15, 0.2) is 0 Å². The summed E-state index contributed by atoms with van der Waals surface area (Å²) in [7, 11) is 2.13. The predicted octanol–water partition coefficient (Wildman–Crippen LogP) is 3.78. The Kier molecular flexibility index (Phi) is 9.68. The second-order valence-electron chi connectivity index (χ2n) is 9.55. The van der Waals surface area contributed by atoms with Crippen molar-refractivity contribution in [2.24, 2.45) is 4.99 Å². The Morgan fingerprint density at radius 1 is 1.08 bits per heavy atom. The van der Waals surface area contributed by atoms with Gasteiger partial charge in [0, 0.05) is 58.0 Å². The van der Waals surface area contributed by atoms with E-state index in [4.69, 9.17) is 9.47 Å². The molecule has 7 nitrogen and oxygen atoms in total. The number of piperazine rings is 1. The molecule has 1 N–H and O–H groups in total. The number of nitrogens with zero attached hydrogens (tertiary/aromatic N) is 3. The number of likely N-dealkylation sites (N-methyl/N-ethyl adjacent to an activating group) is 1. The minimum atomic E-state index is -0.370. The van der Waals surface area contributed by atoms with E-state index in [9.17, 15) is 9.18 Å². The molecule has 37 heavy (non-hydrogen) atoms. The second kappa shape index (κ2) is 13.4. The molecule has 198 valence electrons. The van der Waals surface area contributed by atoms with Gasteiger partial charge in [-0.05, 0) is 61.4 Å². The highest BCUT2D eigenvalue weighted by atomic mass is 19.1. The third kappa shape index (κ3) is 8.40. The van der Waals surface area contributed by atoms with Gasteiger partial charge in [-0.1, -0.05) is 18.2 Å². The first-order valence-corrected chi connectivity index (χ1v) is 13.0. The Balaban J connectivity index is 1.20. The summed E-state index contributed by atoms with van der Waals surface area (Å²) in [5.41, 5.74) is 2.79. The normalized spacial score (nSPS) is 18.4. The predicted molar refractivity (Wildman–Crippen MR) is 145 cm³/mol. The Bertz CT molecular complexity index is 1090. The van der Waals surface area contributed by atoms with E-state index in [1.807, 2.05) is 37.4 Å². The minimum Gasteiger partial charge on any atom is -0.494 e. The summed E-state index contributed by atoms with van der Waals surface area (Å²) in [6.45, 7) is 8.30. The van der Waals surface area contributed by atoms with Gasteiger partial charge in [-0.15, -0.1) is 0 Å². The quantitative estimate of drug-likeness (QED) is 0.501. The first kappa shape index (κ1) is 26.8. The number of hydrogen-bond acceptors (Lipinski definition) is 6. The van der Waals surface area contributed by atoms with Crippen LogP contribution in [0.3, 0.4) is 0 Å². The highest BCUT2D eigenvalue weighted by molar-refractivity contribution is 6.10. The van der Waals surface area contributed by atoms with Gasteiger partial charge in [-0.3, -0.25) is 14.7 Å². The zero-order valence-corrected chi connectivity index (χ0v) is 21.8. The van der Waals surface area contributed by atoms with Crippen molar-refractivity contribution in [2.45, 2.75) is 32.4 Å². The van der Waals surface area contributed by atoms with E-state index in [1.54, 1.807) is 6.07 Å². The summed E-state index contributed by atoms with van der Waals surface area (Å²) in [6, 6.07) is 12.4. The first-order chi connectivity index (χ1) is 18.0. The van der Waals surface area contributed by atoms with Gasteiger partial charge in [-0.25, -0.2) is 4.39 Å². The molecule has 1 amide bonds. The summed E-state index contributed by atoms with van der Waals surface area (Å²) in [4.78, 5) is 21.8. The molecule has 4 rings (SSSR count). The van der Waals surface area contributed by atoms with E-state index in [2.05, 4.69) is 33.2 Å². The van der Waals surface area contributed by atoms with Crippen molar-refractivity contribution in [3.05, 3.63) is 65.5 Å². The van der Waals surface area contributed by atoms with Crippen molar-refractivity contribution in [3.63, 3.8) is 0 Å². The molecule has 0 radical (unpaired) electrons. The molecule has 0 saturated carbocycles. The molecule has 1 fully saturated rings. The zero-order valence-electron chi connectivity index (χ0n) is 21.8. The van der Waals surface area contributed by atoms with Crippen LogP contribution in [0.25, 0.3) is 5.57 Å². The third-order valence-electron chi connectivity index (χ3n) is 6.65. The highest BCUT2D eigenvalue weighted by Gasteiger charge is 2.16. The minimum absolute atomic E-state index is 0.104. The van der Waals surface area contributed by atoms with Crippen molar-refractivity contribution in [1.29, 1.82) is 0 Å². The molecular weight excluding hydrogens is 471 g/mol. The van der Waals surface area contributed by atoms with Gasteiger partial charge in [0.25, 0.3) is 0 Å². The van der Waals surface area contributed by atoms with Crippen molar-refractivity contribution >= 4 is 17.7 Å². The van der Waals surface area contributed by atoms with Gasteiger partial charge in [0.05, 0.1) is 12.6 Å². The maximum Gasteiger partial charge on any atom is 0.222 e. The van der Waals surface area contributed by atoms with E-state index in [-0.39, 0.29) is 30.7 Å². The van der Waals surface area contributed by atoms with E-state index in [0.717, 1.165) is 49.6 Å². The molecule has 2 aromatic rings. The lowest BCUT2D eigenvalue weighted by Gasteiger charge is -2.32. The zero-order chi connectivity index (χ0) is 26.0. The van der Waals surface area contributed by atoms with E-state index in [0.29, 0.717) is 30.9 Å². The fraction of sp³-hybridized carbons (Fsp3) is 0.448. The molecule has 2 heterocycles. The highest BCUT2D eigenvalue weighted by Crippen LogP contribution is 2.23. The van der Waals surface area contributed by atoms with Crippen LogP contribution in [0, 0.1) is 5.82 Å². The van der Waals surface area contributed by atoms with Crippen LogP contribution in [0.2, 0.25) is 0 Å². The molecule has 2 aliphatic rings. The number of ether oxygens (including phenoxy) is 2. The van der Waals surface area contributed by atoms with Gasteiger partial charge in [0.2, 0.25) is 5.91 Å². The monoisotopic (exact) mass is 508 g/mol. The second-order valence-corrected chi connectivity index (χ2v) is 9.55. The number of carbonyl (C=O) groups is 1. The average Bonchev–Trinajstić information content (AvgIpc) is 2.90. The molecular formula is C29H37FN4O3. The van der Waals surface area contributed by atoms with Gasteiger partial charge < -0.3 is 19.7 Å². The van der Waals surface area contributed by atoms with Crippen molar-refractivity contribution in [2.75, 3.05) is 53.0 Å². The summed E-state index contributed by atoms with van der Waals surface area (Å²) in [5.74, 6) is 0.853. The van der Waals surface area contributed by atoms with E-state index in [1.165, 1.54) is 12.1 Å². The average molecular weight is 509 g/mol. The number of hydrogen-bond donors (Lipinski definition) is 1. The fourth-order valence-corrected chi connectivity index (χ4v) is 4.46. The molecule has 0 aromatic heterocycles. The van der Waals surface area contributed by atoms with E-state index < -0.39 is 0 Å². The number of amides is 1. The lowest BCUT2D eigenvalue weighted by molar-refractivity contribution is -0.121. The molecule has 1 unspecified atom stereocenters. The molecule has 1 atom stereocenters. The van der Waals surface area contributed by atoms with Crippen LogP contribution >= 0.6 is 0 Å². The van der Waals surface area contributed by atoms with Crippen LogP contribution in [-0.4, -0.2) is 80.9 Å². The van der Waals surface area contributed by atoms with Gasteiger partial charge >= 0.3 is 0 Å². The lowest BCUT2D eigenvalue weighted by Crippen LogP contribution is -2.45. The number of rotatable bonds is 11. The SMILES string of the molecule is CCOc1ccc(C2=CCC(CC(=O)NCc3cc(F)cc(OCCN4CCN(C)CC4)c3)N=C2)cc1. The van der Waals surface area contributed by atoms with Crippen LogP contribution in [0.5, 0.6) is 11.5 Å². The molecule has 8 heteroatoms. The van der Waals surface area contributed by atoms with Crippen LogP contribution in [0.1, 0.15) is 30.9 Å². The smallest absolute Gasteiger partial charge is 0.222 e. The molecule has 0 spiro atoms. The lowest BCUT2D eigenvalue weighted by atomic mass is 9.99. The maximum absolute atomic E-state index is 14.1. The van der Waals surface area contributed by atoms with Crippen LogP contribution in [-0.2, 0) is 11.3 Å². The van der Waals surface area contributed by atoms with Crippen LogP contribution in [0.15, 0.2) is 53.5 Å². The number of carbonyl (C=O) groups excluding carboxylic acids is 1. The molecule has 0 bridgehead atoms. The largest absolute Gasteiger partial charge is 0.494 e. The summed E-state index contributed by atoms with van der Waals surface area (Å²) < 4.78 is 25.4. The Morgan fingerprint density at radius 3 is 2.57 bits per heavy atom. The van der Waals surface area contributed by atoms with Crippen LogP contribution < -0.4 is 14.8 Å². The standard InChI is InChI=1S/C29H37FN4O3/c1-3-36-27-8-5-23(6-9-27)24-4-7-26(31-21-24)19-29(35)32-20-22-16-25(30)18-28(17-22)37-15-14-34-12-10-33(2)11-13-34/h4-6,8-9,16-18,21,26H,3,7,10-15,19-20H2,1-2H3,(H,32,35). The third-order valence-corrected chi connectivity index (χ3v) is 6.65. The van der Waals surface area contributed by atoms with E-state index >= 15 is 0 Å². The number of aliphatic imine (C=N–C) groups is 1. The fourth-order valence-electron chi connectivity index (χ4n) is 4.46. The number of allylic oxidation sites excluding steroid dienone is 1. The van der Waals surface area contributed by atoms with Gasteiger partial charge in [-0.2, -0.15) is 0 Å². The summed E-state index contributed by atoms with van der Waals surface area (Å²) in [5, 5.41) is 2.89. The van der Waals surface area contributed by atoms with Crippen molar-refractivity contribution in [1.82, 2.24) is 15.1 Å². The Morgan fingerprint density at radius 2 is 1.86 bits per heavy atom. The Labute approximate surface area is 219 Å². The number of dihydropyridines is 1.